The third-order valence-electron chi connectivity index (χ3n) is 3.25. The first kappa shape index (κ1) is 12.5. The van der Waals surface area contributed by atoms with E-state index in [1.54, 1.807) is 0 Å². The molecule has 0 aromatic heterocycles. The Morgan fingerprint density at radius 1 is 1.40 bits per heavy atom. The predicted molar refractivity (Wildman–Crippen MR) is 64.7 cm³/mol. The molecule has 0 bridgehead atoms. The molecule has 1 nitrogen and oxygen atoms in total. The van der Waals surface area contributed by atoms with Gasteiger partial charge in [-0.25, -0.2) is 0 Å². The highest BCUT2D eigenvalue weighted by atomic mass is 16.1. The summed E-state index contributed by atoms with van der Waals surface area (Å²) in [6.45, 7) is 11.0. The lowest BCUT2D eigenvalue weighted by Crippen LogP contribution is -2.29. The molecule has 0 heterocycles. The second-order valence-electron chi connectivity index (χ2n) is 6.42. The summed E-state index contributed by atoms with van der Waals surface area (Å²) in [4.78, 5) is 11.5. The summed E-state index contributed by atoms with van der Waals surface area (Å²) in [6.07, 6.45) is 7.40. The zero-order valence-electron chi connectivity index (χ0n) is 10.8. The van der Waals surface area contributed by atoms with Crippen molar-refractivity contribution in [1.29, 1.82) is 0 Å². The highest BCUT2D eigenvalue weighted by Gasteiger charge is 2.32. The lowest BCUT2D eigenvalue weighted by molar-refractivity contribution is -0.125. The van der Waals surface area contributed by atoms with Crippen LogP contribution in [0, 0.1) is 16.7 Å². The number of hydrogen-bond donors (Lipinski definition) is 0. The van der Waals surface area contributed by atoms with E-state index in [1.807, 2.05) is 0 Å². The first-order chi connectivity index (χ1) is 6.72. The molecular formula is C14H24O. The summed E-state index contributed by atoms with van der Waals surface area (Å²) in [7, 11) is 0. The van der Waals surface area contributed by atoms with Gasteiger partial charge in [-0.1, -0.05) is 46.8 Å². The molecular weight excluding hydrogens is 184 g/mol. The Balaban J connectivity index is 2.69. The predicted octanol–water partition coefficient (Wildman–Crippen LogP) is 3.98. The van der Waals surface area contributed by atoms with E-state index in [4.69, 9.17) is 0 Å². The van der Waals surface area contributed by atoms with Gasteiger partial charge in [0.25, 0.3) is 0 Å². The zero-order valence-corrected chi connectivity index (χ0v) is 10.8. The number of hydrogen-bond acceptors (Lipinski definition) is 1. The Kier molecular flexibility index (Phi) is 3.42. The standard InChI is InChI=1S/C14H24O/c1-11-10-14(5,7-6-12(11)15)9-8-13(2,3)4/h8-9,11H,6-7,10H2,1-5H3/b9-8+/t11-,14-/m0/s1. The normalized spacial score (nSPS) is 33.7. The van der Waals surface area contributed by atoms with E-state index in [1.165, 1.54) is 0 Å². The third kappa shape index (κ3) is 3.81. The van der Waals surface area contributed by atoms with Gasteiger partial charge in [-0.2, -0.15) is 0 Å². The van der Waals surface area contributed by atoms with Crippen LogP contribution in [0.3, 0.4) is 0 Å². The molecule has 15 heavy (non-hydrogen) atoms. The van der Waals surface area contributed by atoms with Gasteiger partial charge in [0.2, 0.25) is 0 Å². The van der Waals surface area contributed by atoms with E-state index >= 15 is 0 Å². The Morgan fingerprint density at radius 3 is 2.47 bits per heavy atom. The number of allylic oxidation sites excluding steroid dienone is 2. The van der Waals surface area contributed by atoms with Crippen molar-refractivity contribution in [3.05, 3.63) is 12.2 Å². The van der Waals surface area contributed by atoms with Crippen LogP contribution >= 0.6 is 0 Å². The van der Waals surface area contributed by atoms with E-state index in [0.29, 0.717) is 5.78 Å². The molecule has 1 heteroatoms. The second kappa shape index (κ2) is 4.11. The van der Waals surface area contributed by atoms with Gasteiger partial charge >= 0.3 is 0 Å². The van der Waals surface area contributed by atoms with E-state index in [9.17, 15) is 4.79 Å². The second-order valence-corrected chi connectivity index (χ2v) is 6.42. The molecule has 86 valence electrons. The number of carbonyl (C=O) groups excluding carboxylic acids is 1. The number of Topliss-reactive ketones (excluding diaryl/α,β-unsaturated/α-hetero) is 1. The summed E-state index contributed by atoms with van der Waals surface area (Å²) in [6, 6.07) is 0. The van der Waals surface area contributed by atoms with Crippen LogP contribution in [-0.2, 0) is 4.79 Å². The molecule has 1 rings (SSSR count). The largest absolute Gasteiger partial charge is 0.299 e. The lowest BCUT2D eigenvalue weighted by atomic mass is 9.70. The minimum atomic E-state index is 0.237. The van der Waals surface area contributed by atoms with Crippen molar-refractivity contribution in [1.82, 2.24) is 0 Å². The molecule has 1 saturated carbocycles. The monoisotopic (exact) mass is 208 g/mol. The molecule has 0 unspecified atom stereocenters. The van der Waals surface area contributed by atoms with Gasteiger partial charge in [0.1, 0.15) is 5.78 Å². The van der Waals surface area contributed by atoms with Gasteiger partial charge in [-0.15, -0.1) is 0 Å². The fourth-order valence-corrected chi connectivity index (χ4v) is 2.17. The van der Waals surface area contributed by atoms with Crippen molar-refractivity contribution >= 4 is 5.78 Å². The van der Waals surface area contributed by atoms with Crippen LogP contribution in [0.5, 0.6) is 0 Å². The molecule has 1 fully saturated rings. The Labute approximate surface area is 93.9 Å². The van der Waals surface area contributed by atoms with Crippen molar-refractivity contribution in [3.63, 3.8) is 0 Å². The van der Waals surface area contributed by atoms with Gasteiger partial charge < -0.3 is 0 Å². The van der Waals surface area contributed by atoms with Gasteiger partial charge in [-0.05, 0) is 23.7 Å². The summed E-state index contributed by atoms with van der Waals surface area (Å²) in [5.41, 5.74) is 0.480. The van der Waals surface area contributed by atoms with E-state index in [-0.39, 0.29) is 16.7 Å². The Morgan fingerprint density at radius 2 is 2.00 bits per heavy atom. The molecule has 0 aliphatic heterocycles. The molecule has 0 N–H and O–H groups in total. The molecule has 0 aromatic carbocycles. The van der Waals surface area contributed by atoms with Crippen molar-refractivity contribution in [2.75, 3.05) is 0 Å². The molecule has 1 aliphatic carbocycles. The molecule has 0 amide bonds. The topological polar surface area (TPSA) is 17.1 Å². The van der Waals surface area contributed by atoms with E-state index in [0.717, 1.165) is 19.3 Å². The van der Waals surface area contributed by atoms with Crippen molar-refractivity contribution in [2.24, 2.45) is 16.7 Å². The van der Waals surface area contributed by atoms with E-state index in [2.05, 4.69) is 46.8 Å². The van der Waals surface area contributed by atoms with Crippen LogP contribution in [0.15, 0.2) is 12.2 Å². The van der Waals surface area contributed by atoms with Gasteiger partial charge in [0.05, 0.1) is 0 Å². The average Bonchev–Trinajstić information content (AvgIpc) is 2.08. The summed E-state index contributed by atoms with van der Waals surface area (Å²) < 4.78 is 0. The third-order valence-corrected chi connectivity index (χ3v) is 3.25. The number of carbonyl (C=O) groups is 1. The number of ketones is 1. The van der Waals surface area contributed by atoms with Gasteiger partial charge in [0, 0.05) is 12.3 Å². The summed E-state index contributed by atoms with van der Waals surface area (Å²) in [5, 5.41) is 0. The van der Waals surface area contributed by atoms with Crippen molar-refractivity contribution in [3.8, 4) is 0 Å². The maximum absolute atomic E-state index is 11.5. The Hall–Kier alpha value is -0.590. The fourth-order valence-electron chi connectivity index (χ4n) is 2.17. The maximum Gasteiger partial charge on any atom is 0.135 e. The first-order valence-corrected chi connectivity index (χ1v) is 5.95. The van der Waals surface area contributed by atoms with Crippen LogP contribution in [0.2, 0.25) is 0 Å². The first-order valence-electron chi connectivity index (χ1n) is 5.95. The van der Waals surface area contributed by atoms with Crippen LogP contribution in [0.25, 0.3) is 0 Å². The summed E-state index contributed by atoms with van der Waals surface area (Å²) >= 11 is 0. The highest BCUT2D eigenvalue weighted by molar-refractivity contribution is 5.81. The minimum absolute atomic E-state index is 0.237. The van der Waals surface area contributed by atoms with E-state index < -0.39 is 0 Å². The molecule has 1 aliphatic rings. The van der Waals surface area contributed by atoms with Crippen LogP contribution < -0.4 is 0 Å². The summed E-state index contributed by atoms with van der Waals surface area (Å²) in [5.74, 6) is 0.685. The molecule has 2 atom stereocenters. The number of rotatable bonds is 1. The van der Waals surface area contributed by atoms with Gasteiger partial charge in [-0.3, -0.25) is 4.79 Å². The minimum Gasteiger partial charge on any atom is -0.299 e. The Bertz CT molecular complexity index is 270. The van der Waals surface area contributed by atoms with Crippen molar-refractivity contribution in [2.45, 2.75) is 53.9 Å². The SMILES string of the molecule is C[C@H]1C[C@](C)(/C=C/C(C)(C)C)CCC1=O. The quantitative estimate of drug-likeness (QED) is 0.596. The highest BCUT2D eigenvalue weighted by Crippen LogP contribution is 2.39. The molecule has 0 radical (unpaired) electrons. The maximum atomic E-state index is 11.5. The zero-order chi connectivity index (χ0) is 11.7. The van der Waals surface area contributed by atoms with Crippen LogP contribution in [0.1, 0.15) is 53.9 Å². The average molecular weight is 208 g/mol. The smallest absolute Gasteiger partial charge is 0.135 e. The molecule has 0 spiro atoms. The van der Waals surface area contributed by atoms with Crippen molar-refractivity contribution < 1.29 is 4.79 Å². The molecule has 0 aromatic rings. The lowest BCUT2D eigenvalue weighted by Gasteiger charge is -2.34. The van der Waals surface area contributed by atoms with Crippen LogP contribution in [-0.4, -0.2) is 5.78 Å². The van der Waals surface area contributed by atoms with Crippen LogP contribution in [0.4, 0.5) is 0 Å². The fraction of sp³-hybridized carbons (Fsp3) is 0.786. The van der Waals surface area contributed by atoms with Gasteiger partial charge in [0.15, 0.2) is 0 Å². The molecule has 0 saturated heterocycles.